The molecule has 1 N–H and O–H groups in total. The summed E-state index contributed by atoms with van der Waals surface area (Å²) in [5.41, 5.74) is 4.86. The third-order valence-corrected chi connectivity index (χ3v) is 3.35. The van der Waals surface area contributed by atoms with Crippen LogP contribution in [0.4, 0.5) is 0 Å². The van der Waals surface area contributed by atoms with Gasteiger partial charge in [-0.15, -0.1) is 0 Å². The van der Waals surface area contributed by atoms with Gasteiger partial charge in [-0.3, -0.25) is 0 Å². The number of allylic oxidation sites excluding steroid dienone is 3. The molecule has 0 bridgehead atoms. The molecule has 1 nitrogen and oxygen atoms in total. The molecule has 0 saturated heterocycles. The number of phenols is 1. The Labute approximate surface area is 120 Å². The Balaban J connectivity index is 2.06. The lowest BCUT2D eigenvalue weighted by molar-refractivity contribution is 0.475. The van der Waals surface area contributed by atoms with E-state index >= 15 is 0 Å². The van der Waals surface area contributed by atoms with E-state index in [9.17, 15) is 5.11 Å². The van der Waals surface area contributed by atoms with Gasteiger partial charge in [-0.05, 0) is 47.7 Å². The minimum Gasteiger partial charge on any atom is -0.508 e. The first kappa shape index (κ1) is 14.1. The summed E-state index contributed by atoms with van der Waals surface area (Å²) in [6.07, 6.45) is 7.32. The standard InChI is InChI=1S/C19H20O/c1-3-16-7-9-17(10-8-16)6-4-5-15(2)18-11-13-19(20)14-12-18/h4-14,20H,3H2,1-2H3. The highest BCUT2D eigenvalue weighted by Gasteiger charge is 1.94. The Morgan fingerprint density at radius 2 is 1.65 bits per heavy atom. The van der Waals surface area contributed by atoms with Gasteiger partial charge in [-0.25, -0.2) is 0 Å². The average molecular weight is 264 g/mol. The molecule has 2 rings (SSSR count). The average Bonchev–Trinajstić information content (AvgIpc) is 2.48. The predicted molar refractivity (Wildman–Crippen MR) is 86.6 cm³/mol. The predicted octanol–water partition coefficient (Wildman–Crippen LogP) is 5.07. The Morgan fingerprint density at radius 1 is 1.00 bits per heavy atom. The number of aryl methyl sites for hydroxylation is 1. The second-order valence-electron chi connectivity index (χ2n) is 4.85. The van der Waals surface area contributed by atoms with Crippen molar-refractivity contribution in [1.29, 1.82) is 0 Å². The van der Waals surface area contributed by atoms with Gasteiger partial charge < -0.3 is 5.11 Å². The normalized spacial score (nSPS) is 12.0. The van der Waals surface area contributed by atoms with E-state index in [1.54, 1.807) is 12.1 Å². The van der Waals surface area contributed by atoms with Crippen LogP contribution in [-0.2, 0) is 6.42 Å². The van der Waals surface area contributed by atoms with E-state index in [1.165, 1.54) is 16.7 Å². The largest absolute Gasteiger partial charge is 0.508 e. The first-order valence-electron chi connectivity index (χ1n) is 6.92. The number of phenolic OH excluding ortho intramolecular Hbond substituents is 1. The molecular formula is C19H20O. The van der Waals surface area contributed by atoms with Crippen LogP contribution in [0.1, 0.15) is 30.5 Å². The third kappa shape index (κ3) is 3.86. The molecule has 0 heterocycles. The molecule has 0 aliphatic rings. The van der Waals surface area contributed by atoms with Crippen LogP contribution in [-0.4, -0.2) is 5.11 Å². The van der Waals surface area contributed by atoms with E-state index in [0.717, 1.165) is 12.0 Å². The molecule has 102 valence electrons. The molecule has 0 unspecified atom stereocenters. The minimum atomic E-state index is 0.299. The third-order valence-electron chi connectivity index (χ3n) is 3.35. The highest BCUT2D eigenvalue weighted by atomic mass is 16.3. The van der Waals surface area contributed by atoms with Gasteiger partial charge in [0.2, 0.25) is 0 Å². The molecule has 0 atom stereocenters. The molecular weight excluding hydrogens is 244 g/mol. The van der Waals surface area contributed by atoms with E-state index in [0.29, 0.717) is 5.75 Å². The molecule has 2 aromatic carbocycles. The van der Waals surface area contributed by atoms with E-state index < -0.39 is 0 Å². The fourth-order valence-corrected chi connectivity index (χ4v) is 1.99. The van der Waals surface area contributed by atoms with Crippen LogP contribution in [0.15, 0.2) is 60.7 Å². The number of benzene rings is 2. The zero-order chi connectivity index (χ0) is 14.4. The second kappa shape index (κ2) is 6.76. The molecule has 20 heavy (non-hydrogen) atoms. The highest BCUT2D eigenvalue weighted by Crippen LogP contribution is 2.17. The van der Waals surface area contributed by atoms with Gasteiger partial charge in [0.05, 0.1) is 0 Å². The summed E-state index contributed by atoms with van der Waals surface area (Å²) in [5, 5.41) is 9.27. The van der Waals surface area contributed by atoms with Crippen molar-refractivity contribution in [2.75, 3.05) is 0 Å². The first-order chi connectivity index (χ1) is 9.69. The molecule has 2 aromatic rings. The van der Waals surface area contributed by atoms with Crippen LogP contribution >= 0.6 is 0 Å². The van der Waals surface area contributed by atoms with Gasteiger partial charge in [0.1, 0.15) is 5.75 Å². The summed E-state index contributed by atoms with van der Waals surface area (Å²) in [6, 6.07) is 15.9. The quantitative estimate of drug-likeness (QED) is 0.764. The summed E-state index contributed by atoms with van der Waals surface area (Å²) in [5.74, 6) is 0.299. The van der Waals surface area contributed by atoms with E-state index in [2.05, 4.69) is 56.3 Å². The van der Waals surface area contributed by atoms with Crippen molar-refractivity contribution in [3.63, 3.8) is 0 Å². The van der Waals surface area contributed by atoms with Crippen LogP contribution in [0.25, 0.3) is 11.6 Å². The summed E-state index contributed by atoms with van der Waals surface area (Å²) < 4.78 is 0. The van der Waals surface area contributed by atoms with Crippen LogP contribution in [0, 0.1) is 0 Å². The molecule has 0 aliphatic heterocycles. The van der Waals surface area contributed by atoms with Gasteiger partial charge in [0, 0.05) is 0 Å². The molecule has 0 aromatic heterocycles. The Kier molecular flexibility index (Phi) is 4.78. The number of aromatic hydroxyl groups is 1. The molecule has 0 amide bonds. The lowest BCUT2D eigenvalue weighted by Crippen LogP contribution is -1.79. The number of hydrogen-bond donors (Lipinski definition) is 1. The zero-order valence-electron chi connectivity index (χ0n) is 12.0. The fourth-order valence-electron chi connectivity index (χ4n) is 1.99. The Bertz CT molecular complexity index is 601. The van der Waals surface area contributed by atoms with Gasteiger partial charge >= 0.3 is 0 Å². The topological polar surface area (TPSA) is 20.2 Å². The maximum absolute atomic E-state index is 9.27. The summed E-state index contributed by atoms with van der Waals surface area (Å²) in [7, 11) is 0. The molecule has 0 saturated carbocycles. The minimum absolute atomic E-state index is 0.299. The van der Waals surface area contributed by atoms with Crippen molar-refractivity contribution >= 4 is 11.6 Å². The van der Waals surface area contributed by atoms with E-state index in [4.69, 9.17) is 0 Å². The lowest BCUT2D eigenvalue weighted by Gasteiger charge is -2.00. The van der Waals surface area contributed by atoms with Gasteiger partial charge in [0.25, 0.3) is 0 Å². The van der Waals surface area contributed by atoms with Gasteiger partial charge in [-0.1, -0.05) is 61.5 Å². The van der Waals surface area contributed by atoms with Crippen molar-refractivity contribution < 1.29 is 5.11 Å². The SMILES string of the molecule is CCc1ccc(C=CC=C(C)c2ccc(O)cc2)cc1. The second-order valence-corrected chi connectivity index (χ2v) is 4.85. The van der Waals surface area contributed by atoms with Gasteiger partial charge in [0.15, 0.2) is 0 Å². The summed E-state index contributed by atoms with van der Waals surface area (Å²) >= 11 is 0. The molecule has 0 spiro atoms. The van der Waals surface area contributed by atoms with Crippen LogP contribution in [0.5, 0.6) is 5.75 Å². The summed E-state index contributed by atoms with van der Waals surface area (Å²) in [4.78, 5) is 0. The molecule has 0 aliphatic carbocycles. The van der Waals surface area contributed by atoms with Crippen molar-refractivity contribution in [2.24, 2.45) is 0 Å². The first-order valence-corrected chi connectivity index (χ1v) is 6.92. The highest BCUT2D eigenvalue weighted by molar-refractivity contribution is 5.67. The number of rotatable bonds is 4. The lowest BCUT2D eigenvalue weighted by atomic mass is 10.1. The van der Waals surface area contributed by atoms with E-state index in [-0.39, 0.29) is 0 Å². The van der Waals surface area contributed by atoms with Crippen molar-refractivity contribution in [2.45, 2.75) is 20.3 Å². The Morgan fingerprint density at radius 3 is 2.25 bits per heavy atom. The maximum atomic E-state index is 9.27. The smallest absolute Gasteiger partial charge is 0.115 e. The molecule has 0 fully saturated rings. The van der Waals surface area contributed by atoms with Crippen molar-refractivity contribution in [1.82, 2.24) is 0 Å². The zero-order valence-corrected chi connectivity index (χ0v) is 12.0. The monoisotopic (exact) mass is 264 g/mol. The van der Waals surface area contributed by atoms with Crippen LogP contribution < -0.4 is 0 Å². The Hall–Kier alpha value is -2.28. The fraction of sp³-hybridized carbons (Fsp3) is 0.158. The molecule has 1 heteroatoms. The van der Waals surface area contributed by atoms with Crippen LogP contribution in [0.2, 0.25) is 0 Å². The van der Waals surface area contributed by atoms with Gasteiger partial charge in [-0.2, -0.15) is 0 Å². The summed E-state index contributed by atoms with van der Waals surface area (Å²) in [6.45, 7) is 4.23. The van der Waals surface area contributed by atoms with E-state index in [1.807, 2.05) is 12.1 Å². The van der Waals surface area contributed by atoms with Crippen LogP contribution in [0.3, 0.4) is 0 Å². The maximum Gasteiger partial charge on any atom is 0.115 e. The number of hydrogen-bond acceptors (Lipinski definition) is 1. The van der Waals surface area contributed by atoms with Crippen molar-refractivity contribution in [3.05, 3.63) is 77.4 Å². The van der Waals surface area contributed by atoms with Crippen molar-refractivity contribution in [3.8, 4) is 5.75 Å². The molecule has 0 radical (unpaired) electrons.